The molecule has 0 N–H and O–H groups in total. The lowest BCUT2D eigenvalue weighted by Crippen LogP contribution is -2.04. The van der Waals surface area contributed by atoms with E-state index in [2.05, 4.69) is 12.1 Å². The Morgan fingerprint density at radius 2 is 1.70 bits per heavy atom. The number of benzene rings is 3. The van der Waals surface area contributed by atoms with Gasteiger partial charge in [-0.15, -0.1) is 0 Å². The van der Waals surface area contributed by atoms with E-state index >= 15 is 0 Å². The first-order chi connectivity index (χ1) is 11.3. The molecule has 0 bridgehead atoms. The first-order valence-corrected chi connectivity index (χ1v) is 7.53. The van der Waals surface area contributed by atoms with Gasteiger partial charge in [-0.2, -0.15) is 5.26 Å². The van der Waals surface area contributed by atoms with Gasteiger partial charge in [-0.05, 0) is 40.6 Å². The van der Waals surface area contributed by atoms with Gasteiger partial charge in [0.2, 0.25) is 0 Å². The average Bonchev–Trinajstić information content (AvgIpc) is 2.60. The molecule has 0 radical (unpaired) electrons. The predicted molar refractivity (Wildman–Crippen MR) is 88.8 cm³/mol. The molecule has 114 valence electrons. The van der Waals surface area contributed by atoms with Crippen molar-refractivity contribution in [3.05, 3.63) is 78.1 Å². The molecule has 3 aromatic rings. The zero-order valence-electron chi connectivity index (χ0n) is 12.6. The van der Waals surface area contributed by atoms with Gasteiger partial charge in [-0.25, -0.2) is 4.39 Å². The normalized spacial score (nSPS) is 11.8. The molecule has 3 rings (SSSR count). The lowest BCUT2D eigenvalue weighted by Gasteiger charge is -2.11. The van der Waals surface area contributed by atoms with E-state index in [1.54, 1.807) is 12.1 Å². The highest BCUT2D eigenvalue weighted by molar-refractivity contribution is 5.83. The Labute approximate surface area is 134 Å². The summed E-state index contributed by atoms with van der Waals surface area (Å²) in [6.45, 7) is 0.438. The Bertz CT molecular complexity index is 836. The van der Waals surface area contributed by atoms with Crippen molar-refractivity contribution in [2.24, 2.45) is 0 Å². The van der Waals surface area contributed by atoms with Gasteiger partial charge < -0.3 is 4.74 Å². The molecule has 1 atom stereocenters. The van der Waals surface area contributed by atoms with Gasteiger partial charge in [0.05, 0.1) is 18.6 Å². The van der Waals surface area contributed by atoms with Crippen molar-refractivity contribution >= 4 is 10.8 Å². The van der Waals surface area contributed by atoms with Crippen LogP contribution in [-0.4, -0.2) is 6.61 Å². The molecule has 0 heterocycles. The minimum Gasteiger partial charge on any atom is -0.494 e. The summed E-state index contributed by atoms with van der Waals surface area (Å²) in [6.07, 6.45) is 0.564. The van der Waals surface area contributed by atoms with Gasteiger partial charge in [-0.3, -0.25) is 0 Å². The number of nitrogens with zero attached hydrogens (tertiary/aromatic N) is 1. The predicted octanol–water partition coefficient (Wildman–Crippen LogP) is 5.06. The third-order valence-electron chi connectivity index (χ3n) is 3.82. The number of hydrogen-bond acceptors (Lipinski definition) is 2. The summed E-state index contributed by atoms with van der Waals surface area (Å²) in [6, 6.07) is 22.4. The van der Waals surface area contributed by atoms with Gasteiger partial charge in [0.15, 0.2) is 0 Å². The molecule has 0 spiro atoms. The average molecular weight is 305 g/mol. The standard InChI is InChI=1S/C20H16FNO/c21-19-8-5-16(6-9-19)18(14-22)11-12-23-20-10-7-15-3-1-2-4-17(15)13-20/h1-10,13,18H,11-12H2. The van der Waals surface area contributed by atoms with E-state index in [-0.39, 0.29) is 11.7 Å². The molecule has 0 aliphatic rings. The number of fused-ring (bicyclic) bond motifs is 1. The van der Waals surface area contributed by atoms with Crippen LogP contribution in [0.15, 0.2) is 66.7 Å². The lowest BCUT2D eigenvalue weighted by atomic mass is 9.98. The van der Waals surface area contributed by atoms with Crippen LogP contribution in [0.2, 0.25) is 0 Å². The third-order valence-corrected chi connectivity index (χ3v) is 3.82. The number of ether oxygens (including phenoxy) is 1. The molecule has 3 aromatic carbocycles. The van der Waals surface area contributed by atoms with E-state index in [1.165, 1.54) is 17.5 Å². The summed E-state index contributed by atoms with van der Waals surface area (Å²) < 4.78 is 18.7. The molecule has 0 aromatic heterocycles. The summed E-state index contributed by atoms with van der Waals surface area (Å²) in [5.41, 5.74) is 0.816. The number of rotatable bonds is 5. The van der Waals surface area contributed by atoms with Crippen LogP contribution in [0.4, 0.5) is 4.39 Å². The molecule has 1 unspecified atom stereocenters. The quantitative estimate of drug-likeness (QED) is 0.660. The maximum atomic E-state index is 12.9. The monoisotopic (exact) mass is 305 g/mol. The van der Waals surface area contributed by atoms with Crippen LogP contribution < -0.4 is 4.74 Å². The minimum absolute atomic E-state index is 0.294. The van der Waals surface area contributed by atoms with Crippen LogP contribution in [0.3, 0.4) is 0 Å². The minimum atomic E-state index is -0.295. The second kappa shape index (κ2) is 6.93. The number of halogens is 1. The molecule has 23 heavy (non-hydrogen) atoms. The van der Waals surface area contributed by atoms with Gasteiger partial charge in [0.1, 0.15) is 11.6 Å². The van der Waals surface area contributed by atoms with E-state index in [1.807, 2.05) is 36.4 Å². The van der Waals surface area contributed by atoms with Gasteiger partial charge >= 0.3 is 0 Å². The third kappa shape index (κ3) is 3.67. The van der Waals surface area contributed by atoms with E-state index in [0.717, 1.165) is 16.7 Å². The van der Waals surface area contributed by atoms with Crippen molar-refractivity contribution in [2.45, 2.75) is 12.3 Å². The van der Waals surface area contributed by atoms with Crippen molar-refractivity contribution in [1.82, 2.24) is 0 Å². The van der Waals surface area contributed by atoms with Crippen molar-refractivity contribution in [3.8, 4) is 11.8 Å². The molecular weight excluding hydrogens is 289 g/mol. The van der Waals surface area contributed by atoms with Crippen molar-refractivity contribution in [2.75, 3.05) is 6.61 Å². The largest absolute Gasteiger partial charge is 0.494 e. The maximum Gasteiger partial charge on any atom is 0.123 e. The fourth-order valence-corrected chi connectivity index (χ4v) is 2.55. The molecule has 0 amide bonds. The fraction of sp³-hybridized carbons (Fsp3) is 0.150. The molecule has 0 saturated carbocycles. The van der Waals surface area contributed by atoms with Gasteiger partial charge in [0, 0.05) is 6.42 Å². The second-order valence-electron chi connectivity index (χ2n) is 5.38. The SMILES string of the molecule is N#CC(CCOc1ccc2ccccc2c1)c1ccc(F)cc1. The summed E-state index contributed by atoms with van der Waals surface area (Å²) in [5, 5.41) is 11.6. The molecule has 2 nitrogen and oxygen atoms in total. The van der Waals surface area contributed by atoms with E-state index in [9.17, 15) is 9.65 Å². The molecular formula is C20H16FNO. The zero-order valence-corrected chi connectivity index (χ0v) is 12.6. The molecule has 0 aliphatic heterocycles. The van der Waals surface area contributed by atoms with Crippen molar-refractivity contribution in [3.63, 3.8) is 0 Å². The molecule has 0 aliphatic carbocycles. The molecule has 0 fully saturated rings. The first-order valence-electron chi connectivity index (χ1n) is 7.53. The van der Waals surface area contributed by atoms with Crippen LogP contribution in [0.1, 0.15) is 17.9 Å². The summed E-state index contributed by atoms with van der Waals surface area (Å²) in [5.74, 6) is 0.202. The Balaban J connectivity index is 1.63. The summed E-state index contributed by atoms with van der Waals surface area (Å²) in [7, 11) is 0. The van der Waals surface area contributed by atoms with Crippen LogP contribution in [0.25, 0.3) is 10.8 Å². The highest BCUT2D eigenvalue weighted by Crippen LogP contribution is 2.23. The summed E-state index contributed by atoms with van der Waals surface area (Å²) in [4.78, 5) is 0. The van der Waals surface area contributed by atoms with E-state index in [0.29, 0.717) is 13.0 Å². The number of hydrogen-bond donors (Lipinski definition) is 0. The summed E-state index contributed by atoms with van der Waals surface area (Å²) >= 11 is 0. The Morgan fingerprint density at radius 1 is 0.957 bits per heavy atom. The van der Waals surface area contributed by atoms with E-state index in [4.69, 9.17) is 4.74 Å². The van der Waals surface area contributed by atoms with Crippen LogP contribution >= 0.6 is 0 Å². The Morgan fingerprint density at radius 3 is 2.43 bits per heavy atom. The van der Waals surface area contributed by atoms with Crippen LogP contribution in [0, 0.1) is 17.1 Å². The first kappa shape index (κ1) is 15.1. The molecule has 0 saturated heterocycles. The zero-order chi connectivity index (χ0) is 16.1. The van der Waals surface area contributed by atoms with E-state index < -0.39 is 0 Å². The van der Waals surface area contributed by atoms with Crippen molar-refractivity contribution < 1.29 is 9.13 Å². The fourth-order valence-electron chi connectivity index (χ4n) is 2.55. The van der Waals surface area contributed by atoms with Crippen LogP contribution in [0.5, 0.6) is 5.75 Å². The lowest BCUT2D eigenvalue weighted by molar-refractivity contribution is 0.306. The Kier molecular flexibility index (Phi) is 4.54. The number of nitriles is 1. The highest BCUT2D eigenvalue weighted by atomic mass is 19.1. The van der Waals surface area contributed by atoms with Crippen molar-refractivity contribution in [1.29, 1.82) is 5.26 Å². The topological polar surface area (TPSA) is 33.0 Å². The second-order valence-corrected chi connectivity index (χ2v) is 5.38. The van der Waals surface area contributed by atoms with Crippen LogP contribution in [-0.2, 0) is 0 Å². The van der Waals surface area contributed by atoms with Gasteiger partial charge in [0.25, 0.3) is 0 Å². The molecule has 3 heteroatoms. The smallest absolute Gasteiger partial charge is 0.123 e. The Hall–Kier alpha value is -2.86. The highest BCUT2D eigenvalue weighted by Gasteiger charge is 2.11. The van der Waals surface area contributed by atoms with Gasteiger partial charge in [-0.1, -0.05) is 42.5 Å². The maximum absolute atomic E-state index is 12.9.